The first-order valence-corrected chi connectivity index (χ1v) is 4.97. The third-order valence-electron chi connectivity index (χ3n) is 2.61. The molecule has 1 atom stereocenters. The first kappa shape index (κ1) is 17.2. The van der Waals surface area contributed by atoms with E-state index in [-0.39, 0.29) is 12.1 Å². The number of aromatic hydroxyl groups is 1. The van der Waals surface area contributed by atoms with Crippen molar-refractivity contribution < 1.29 is 44.6 Å². The number of nitrogen functional groups attached to an aromatic ring is 1. The van der Waals surface area contributed by atoms with Gasteiger partial charge in [0.1, 0.15) is 5.75 Å². The molecular formula is C10H6F9NO. The van der Waals surface area contributed by atoms with Gasteiger partial charge in [-0.25, -0.2) is 13.2 Å². The zero-order valence-corrected chi connectivity index (χ0v) is 9.66. The largest absolute Gasteiger partial charge is 0.506 e. The lowest BCUT2D eigenvalue weighted by Crippen LogP contribution is -2.46. The highest BCUT2D eigenvalue weighted by Gasteiger charge is 2.66. The fraction of sp³-hybridized carbons (Fsp3) is 0.400. The number of phenols is 1. The summed E-state index contributed by atoms with van der Waals surface area (Å²) in [6.07, 6.45) is -16.8. The lowest BCUT2D eigenvalue weighted by atomic mass is 9.89. The van der Waals surface area contributed by atoms with E-state index in [4.69, 9.17) is 10.8 Å². The van der Waals surface area contributed by atoms with E-state index in [2.05, 4.69) is 0 Å². The molecule has 0 spiro atoms. The maximum atomic E-state index is 13.7. The number of hydrogen-bond acceptors (Lipinski definition) is 2. The summed E-state index contributed by atoms with van der Waals surface area (Å²) in [5.74, 6) is -1.31. The molecule has 0 aromatic heterocycles. The van der Waals surface area contributed by atoms with Gasteiger partial charge in [0.15, 0.2) is 0 Å². The lowest BCUT2D eigenvalue weighted by Gasteiger charge is -2.30. The Bertz CT molecular complexity index is 537. The van der Waals surface area contributed by atoms with Crippen LogP contribution in [0.4, 0.5) is 45.2 Å². The molecule has 1 rings (SSSR count). The molecule has 0 aliphatic heterocycles. The van der Waals surface area contributed by atoms with E-state index in [9.17, 15) is 39.5 Å². The van der Waals surface area contributed by atoms with E-state index in [0.717, 1.165) is 0 Å². The first-order valence-electron chi connectivity index (χ1n) is 4.97. The van der Waals surface area contributed by atoms with Crippen LogP contribution in [-0.4, -0.2) is 17.7 Å². The van der Waals surface area contributed by atoms with E-state index in [0.29, 0.717) is 0 Å². The van der Waals surface area contributed by atoms with E-state index < -0.39 is 47.0 Å². The molecule has 0 aliphatic carbocycles. The standard InChI is InChI=1S/C10H6F9NO/c11-7(12)8(13,10(17,18)19)3-1-2-4(21)6(20)5(3)9(14,15)16/h1-2,7,21H,20H2. The summed E-state index contributed by atoms with van der Waals surface area (Å²) in [7, 11) is 0. The van der Waals surface area contributed by atoms with Crippen molar-refractivity contribution in [2.24, 2.45) is 0 Å². The number of rotatable bonds is 2. The molecule has 0 bridgehead atoms. The molecular weight excluding hydrogens is 321 g/mol. The SMILES string of the molecule is Nc1c(O)ccc(C(F)(C(F)F)C(F)(F)F)c1C(F)(F)F. The molecule has 11 heteroatoms. The Labute approximate surface area is 111 Å². The van der Waals surface area contributed by atoms with Gasteiger partial charge in [-0.2, -0.15) is 26.3 Å². The van der Waals surface area contributed by atoms with Gasteiger partial charge in [0.2, 0.25) is 0 Å². The molecule has 1 aromatic carbocycles. The van der Waals surface area contributed by atoms with Gasteiger partial charge in [-0.1, -0.05) is 6.07 Å². The van der Waals surface area contributed by atoms with Gasteiger partial charge in [0.25, 0.3) is 12.1 Å². The van der Waals surface area contributed by atoms with Crippen molar-refractivity contribution >= 4 is 5.69 Å². The van der Waals surface area contributed by atoms with Gasteiger partial charge in [0, 0.05) is 5.56 Å². The molecule has 0 radical (unpaired) electrons. The maximum absolute atomic E-state index is 13.7. The number of hydrogen-bond donors (Lipinski definition) is 2. The van der Waals surface area contributed by atoms with Gasteiger partial charge in [-0.05, 0) is 6.07 Å². The number of nitrogens with two attached hydrogens (primary N) is 1. The van der Waals surface area contributed by atoms with Gasteiger partial charge in [-0.15, -0.1) is 0 Å². The Morgan fingerprint density at radius 1 is 0.952 bits per heavy atom. The molecule has 2 nitrogen and oxygen atoms in total. The molecule has 0 heterocycles. The molecule has 0 aliphatic rings. The van der Waals surface area contributed by atoms with E-state index in [1.165, 1.54) is 0 Å². The maximum Gasteiger partial charge on any atom is 0.432 e. The quantitative estimate of drug-likeness (QED) is 0.490. The molecule has 0 amide bonds. The minimum Gasteiger partial charge on any atom is -0.506 e. The Hall–Kier alpha value is -1.81. The van der Waals surface area contributed by atoms with Crippen molar-refractivity contribution in [1.82, 2.24) is 0 Å². The van der Waals surface area contributed by atoms with Crippen molar-refractivity contribution in [3.63, 3.8) is 0 Å². The summed E-state index contributed by atoms with van der Waals surface area (Å²) in [6.45, 7) is 0. The van der Waals surface area contributed by atoms with Gasteiger partial charge < -0.3 is 10.8 Å². The molecule has 120 valence electrons. The average Bonchev–Trinajstić information content (AvgIpc) is 2.27. The Morgan fingerprint density at radius 3 is 1.76 bits per heavy atom. The number of alkyl halides is 9. The molecule has 21 heavy (non-hydrogen) atoms. The Balaban J connectivity index is 3.82. The topological polar surface area (TPSA) is 46.2 Å². The minimum absolute atomic E-state index is 0.169. The van der Waals surface area contributed by atoms with Crippen LogP contribution in [0.5, 0.6) is 5.75 Å². The second-order valence-electron chi connectivity index (χ2n) is 3.93. The van der Waals surface area contributed by atoms with Crippen LogP contribution in [0.3, 0.4) is 0 Å². The van der Waals surface area contributed by atoms with Crippen LogP contribution < -0.4 is 5.73 Å². The Morgan fingerprint density at radius 2 is 1.43 bits per heavy atom. The van der Waals surface area contributed by atoms with Crippen LogP contribution in [0.2, 0.25) is 0 Å². The summed E-state index contributed by atoms with van der Waals surface area (Å²) in [5.41, 5.74) is -7.40. The summed E-state index contributed by atoms with van der Waals surface area (Å²) < 4.78 is 114. The Kier molecular flexibility index (Phi) is 4.01. The second kappa shape index (κ2) is 4.88. The molecule has 0 saturated heterocycles. The predicted molar refractivity (Wildman–Crippen MR) is 52.4 cm³/mol. The van der Waals surface area contributed by atoms with E-state index >= 15 is 0 Å². The van der Waals surface area contributed by atoms with Crippen LogP contribution in [0.15, 0.2) is 12.1 Å². The third-order valence-corrected chi connectivity index (χ3v) is 2.61. The molecule has 3 N–H and O–H groups in total. The van der Waals surface area contributed by atoms with Gasteiger partial charge in [0.05, 0.1) is 11.3 Å². The summed E-state index contributed by atoms with van der Waals surface area (Å²) in [5, 5.41) is 8.98. The zero-order chi connectivity index (χ0) is 16.8. The molecule has 1 unspecified atom stereocenters. The second-order valence-corrected chi connectivity index (χ2v) is 3.93. The number of halogens is 9. The van der Waals surface area contributed by atoms with Crippen molar-refractivity contribution in [2.75, 3.05) is 5.73 Å². The van der Waals surface area contributed by atoms with E-state index in [1.807, 2.05) is 0 Å². The summed E-state index contributed by atoms with van der Waals surface area (Å²) in [6, 6.07) is -0.0590. The average molecular weight is 327 g/mol. The van der Waals surface area contributed by atoms with Crippen molar-refractivity contribution in [3.05, 3.63) is 23.3 Å². The highest BCUT2D eigenvalue weighted by atomic mass is 19.4. The predicted octanol–water partition coefficient (Wildman–Crippen LogP) is 3.99. The monoisotopic (exact) mass is 327 g/mol. The normalized spacial score (nSPS) is 16.1. The fourth-order valence-corrected chi connectivity index (χ4v) is 1.61. The zero-order valence-electron chi connectivity index (χ0n) is 9.66. The van der Waals surface area contributed by atoms with Crippen LogP contribution in [0.25, 0.3) is 0 Å². The highest BCUT2D eigenvalue weighted by Crippen LogP contribution is 2.52. The van der Waals surface area contributed by atoms with E-state index in [1.54, 1.807) is 0 Å². The van der Waals surface area contributed by atoms with Gasteiger partial charge in [-0.3, -0.25) is 0 Å². The molecule has 0 saturated carbocycles. The minimum atomic E-state index is -6.33. The third kappa shape index (κ3) is 2.68. The number of anilines is 1. The van der Waals surface area contributed by atoms with Crippen molar-refractivity contribution in [2.45, 2.75) is 24.4 Å². The summed E-state index contributed by atoms with van der Waals surface area (Å²) in [4.78, 5) is 0. The number of phenolic OH excluding ortho intramolecular Hbond substituents is 1. The smallest absolute Gasteiger partial charge is 0.432 e. The number of benzene rings is 1. The molecule has 1 aromatic rings. The highest BCUT2D eigenvalue weighted by molar-refractivity contribution is 5.63. The fourth-order valence-electron chi connectivity index (χ4n) is 1.61. The summed E-state index contributed by atoms with van der Waals surface area (Å²) >= 11 is 0. The van der Waals surface area contributed by atoms with Crippen LogP contribution in [0.1, 0.15) is 11.1 Å². The van der Waals surface area contributed by atoms with Crippen molar-refractivity contribution in [3.8, 4) is 5.75 Å². The van der Waals surface area contributed by atoms with Crippen LogP contribution in [0, 0.1) is 0 Å². The van der Waals surface area contributed by atoms with Crippen LogP contribution >= 0.6 is 0 Å². The van der Waals surface area contributed by atoms with Gasteiger partial charge >= 0.3 is 12.4 Å². The first-order chi connectivity index (χ1) is 9.24. The lowest BCUT2D eigenvalue weighted by molar-refractivity contribution is -0.275. The molecule has 0 fully saturated rings. The van der Waals surface area contributed by atoms with Crippen LogP contribution in [-0.2, 0) is 11.8 Å². The van der Waals surface area contributed by atoms with Crippen molar-refractivity contribution in [1.29, 1.82) is 0 Å².